The van der Waals surface area contributed by atoms with E-state index in [4.69, 9.17) is 11.6 Å². The first kappa shape index (κ1) is 11.2. The summed E-state index contributed by atoms with van der Waals surface area (Å²) >= 11 is 9.34. The van der Waals surface area contributed by atoms with Crippen molar-refractivity contribution in [2.24, 2.45) is 0 Å². The van der Waals surface area contributed by atoms with E-state index in [0.29, 0.717) is 11.2 Å². The smallest absolute Gasteiger partial charge is 0.152 e. The minimum absolute atomic E-state index is 0.524. The van der Waals surface area contributed by atoms with E-state index in [1.165, 1.54) is 12.8 Å². The van der Waals surface area contributed by atoms with Gasteiger partial charge in [0.25, 0.3) is 0 Å². The quantitative estimate of drug-likeness (QED) is 0.841. The molecule has 3 nitrogen and oxygen atoms in total. The lowest BCUT2D eigenvalue weighted by Crippen LogP contribution is -2.29. The van der Waals surface area contributed by atoms with Gasteiger partial charge in [0.1, 0.15) is 0 Å². The van der Waals surface area contributed by atoms with E-state index in [-0.39, 0.29) is 0 Å². The molecular formula is C10H13BrClN3. The predicted molar refractivity (Wildman–Crippen MR) is 66.5 cm³/mol. The third kappa shape index (κ3) is 3.06. The summed E-state index contributed by atoms with van der Waals surface area (Å²) in [6.07, 6.45) is 4.18. The number of hydrogen-bond donors (Lipinski definition) is 2. The Morgan fingerprint density at radius 1 is 1.67 bits per heavy atom. The van der Waals surface area contributed by atoms with Crippen LogP contribution in [0.2, 0.25) is 5.15 Å². The molecule has 82 valence electrons. The van der Waals surface area contributed by atoms with Gasteiger partial charge in [-0.3, -0.25) is 0 Å². The fourth-order valence-electron chi connectivity index (χ4n) is 1.71. The molecule has 1 atom stereocenters. The summed E-state index contributed by atoms with van der Waals surface area (Å²) in [5.41, 5.74) is 0.889. The molecule has 1 aromatic heterocycles. The van der Waals surface area contributed by atoms with Crippen molar-refractivity contribution in [3.8, 4) is 0 Å². The number of halogens is 2. The van der Waals surface area contributed by atoms with Crippen LogP contribution in [-0.4, -0.2) is 24.1 Å². The van der Waals surface area contributed by atoms with Crippen molar-refractivity contribution in [3.05, 3.63) is 21.9 Å². The Hall–Kier alpha value is -0.320. The second-order valence-corrected chi connectivity index (χ2v) is 4.94. The molecule has 0 aromatic carbocycles. The minimum Gasteiger partial charge on any atom is -0.381 e. The van der Waals surface area contributed by atoms with Gasteiger partial charge in [0.15, 0.2) is 5.15 Å². The molecule has 15 heavy (non-hydrogen) atoms. The highest BCUT2D eigenvalue weighted by atomic mass is 79.9. The summed E-state index contributed by atoms with van der Waals surface area (Å²) in [6.45, 7) is 2.02. The molecule has 1 saturated heterocycles. The number of pyridine rings is 1. The van der Waals surface area contributed by atoms with E-state index in [9.17, 15) is 0 Å². The summed E-state index contributed by atoms with van der Waals surface area (Å²) in [5.74, 6) is 0. The monoisotopic (exact) mass is 289 g/mol. The maximum absolute atomic E-state index is 5.97. The molecule has 1 unspecified atom stereocenters. The molecule has 0 radical (unpaired) electrons. The maximum atomic E-state index is 5.97. The lowest BCUT2D eigenvalue weighted by Gasteiger charge is -2.13. The number of nitrogens with zero attached hydrogens (tertiary/aromatic N) is 1. The molecule has 2 heterocycles. The normalized spacial score (nSPS) is 20.5. The molecule has 2 rings (SSSR count). The molecule has 0 saturated carbocycles. The van der Waals surface area contributed by atoms with Crippen LogP contribution in [0, 0.1) is 0 Å². The molecule has 0 aliphatic carbocycles. The van der Waals surface area contributed by atoms with Gasteiger partial charge < -0.3 is 10.6 Å². The number of hydrogen-bond acceptors (Lipinski definition) is 3. The van der Waals surface area contributed by atoms with Gasteiger partial charge in [-0.25, -0.2) is 4.98 Å². The fraction of sp³-hybridized carbons (Fsp3) is 0.500. The SMILES string of the molecule is Clc1ncc(Br)cc1NCC1CCCN1. The van der Waals surface area contributed by atoms with E-state index >= 15 is 0 Å². The van der Waals surface area contributed by atoms with Gasteiger partial charge in [0.05, 0.1) is 5.69 Å². The van der Waals surface area contributed by atoms with Crippen LogP contribution in [0.25, 0.3) is 0 Å². The summed E-state index contributed by atoms with van der Waals surface area (Å²) in [6, 6.07) is 2.50. The van der Waals surface area contributed by atoms with E-state index in [1.807, 2.05) is 6.07 Å². The van der Waals surface area contributed by atoms with Crippen LogP contribution in [-0.2, 0) is 0 Å². The number of aromatic nitrogens is 1. The first-order valence-electron chi connectivity index (χ1n) is 5.04. The zero-order chi connectivity index (χ0) is 10.7. The Bertz CT molecular complexity index is 339. The highest BCUT2D eigenvalue weighted by molar-refractivity contribution is 9.10. The molecular weight excluding hydrogens is 277 g/mol. The first-order valence-corrected chi connectivity index (χ1v) is 6.21. The molecule has 0 bridgehead atoms. The Morgan fingerprint density at radius 2 is 2.53 bits per heavy atom. The molecule has 0 amide bonds. The highest BCUT2D eigenvalue weighted by Gasteiger charge is 2.13. The van der Waals surface area contributed by atoms with Crippen LogP contribution in [0.3, 0.4) is 0 Å². The van der Waals surface area contributed by atoms with Gasteiger partial charge in [-0.15, -0.1) is 0 Å². The van der Waals surface area contributed by atoms with Crippen LogP contribution >= 0.6 is 27.5 Å². The van der Waals surface area contributed by atoms with Crippen LogP contribution in [0.5, 0.6) is 0 Å². The Morgan fingerprint density at radius 3 is 3.27 bits per heavy atom. The lowest BCUT2D eigenvalue weighted by molar-refractivity contribution is 0.633. The molecule has 1 aromatic rings. The summed E-state index contributed by atoms with van der Waals surface area (Å²) in [5, 5.41) is 7.26. The Labute approximate surface area is 103 Å². The van der Waals surface area contributed by atoms with Crippen LogP contribution in [0.1, 0.15) is 12.8 Å². The number of nitrogens with one attached hydrogen (secondary N) is 2. The van der Waals surface area contributed by atoms with E-state index in [0.717, 1.165) is 23.2 Å². The van der Waals surface area contributed by atoms with E-state index in [2.05, 4.69) is 31.5 Å². The minimum atomic E-state index is 0.524. The summed E-state index contributed by atoms with van der Waals surface area (Å²) < 4.78 is 0.939. The average Bonchev–Trinajstić information content (AvgIpc) is 2.72. The molecule has 5 heteroatoms. The van der Waals surface area contributed by atoms with Gasteiger partial charge in [0.2, 0.25) is 0 Å². The van der Waals surface area contributed by atoms with Crippen molar-refractivity contribution < 1.29 is 0 Å². The molecule has 0 spiro atoms. The molecule has 1 fully saturated rings. The second-order valence-electron chi connectivity index (χ2n) is 3.67. The number of anilines is 1. The van der Waals surface area contributed by atoms with Crippen LogP contribution in [0.4, 0.5) is 5.69 Å². The van der Waals surface area contributed by atoms with E-state index in [1.54, 1.807) is 6.20 Å². The lowest BCUT2D eigenvalue weighted by atomic mass is 10.2. The Kier molecular flexibility index (Phi) is 3.83. The van der Waals surface area contributed by atoms with Crippen LogP contribution in [0.15, 0.2) is 16.7 Å². The first-order chi connectivity index (χ1) is 7.25. The largest absolute Gasteiger partial charge is 0.381 e. The topological polar surface area (TPSA) is 37.0 Å². The van der Waals surface area contributed by atoms with Crippen molar-refractivity contribution in [2.75, 3.05) is 18.4 Å². The molecule has 2 N–H and O–H groups in total. The zero-order valence-electron chi connectivity index (χ0n) is 8.26. The number of rotatable bonds is 3. The van der Waals surface area contributed by atoms with Crippen molar-refractivity contribution >= 4 is 33.2 Å². The van der Waals surface area contributed by atoms with Gasteiger partial charge in [-0.2, -0.15) is 0 Å². The second kappa shape index (κ2) is 5.14. The van der Waals surface area contributed by atoms with Gasteiger partial charge in [-0.1, -0.05) is 11.6 Å². The van der Waals surface area contributed by atoms with E-state index < -0.39 is 0 Å². The molecule has 1 aliphatic rings. The van der Waals surface area contributed by atoms with Crippen LogP contribution < -0.4 is 10.6 Å². The molecule has 1 aliphatic heterocycles. The average molecular weight is 291 g/mol. The zero-order valence-corrected chi connectivity index (χ0v) is 10.6. The summed E-state index contributed by atoms with van der Waals surface area (Å²) in [4.78, 5) is 4.06. The van der Waals surface area contributed by atoms with Crippen molar-refractivity contribution in [1.29, 1.82) is 0 Å². The maximum Gasteiger partial charge on any atom is 0.152 e. The predicted octanol–water partition coefficient (Wildman–Crippen LogP) is 2.66. The Balaban J connectivity index is 1.94. The third-order valence-corrected chi connectivity index (χ3v) is 3.24. The van der Waals surface area contributed by atoms with Gasteiger partial charge in [-0.05, 0) is 41.4 Å². The van der Waals surface area contributed by atoms with Gasteiger partial charge in [0, 0.05) is 23.3 Å². The van der Waals surface area contributed by atoms with Crippen molar-refractivity contribution in [1.82, 2.24) is 10.3 Å². The van der Waals surface area contributed by atoms with Crippen molar-refractivity contribution in [2.45, 2.75) is 18.9 Å². The standard InChI is InChI=1S/C10H13BrClN3/c11-7-4-9(10(12)15-5-7)14-6-8-2-1-3-13-8/h4-5,8,13-14H,1-3,6H2. The van der Waals surface area contributed by atoms with Crippen molar-refractivity contribution in [3.63, 3.8) is 0 Å². The van der Waals surface area contributed by atoms with Gasteiger partial charge >= 0.3 is 0 Å². The fourth-order valence-corrected chi connectivity index (χ4v) is 2.21. The third-order valence-electron chi connectivity index (χ3n) is 2.51. The summed E-state index contributed by atoms with van der Waals surface area (Å²) in [7, 11) is 0. The highest BCUT2D eigenvalue weighted by Crippen LogP contribution is 2.23.